The number of carbonyl (C=O) groups is 10. The number of carbonyl (C=O) groups excluding carboxylic acids is 10. The lowest BCUT2D eigenvalue weighted by Gasteiger charge is -2.36. The first-order valence-electron chi connectivity index (χ1n) is 48.9. The molecule has 0 bridgehead atoms. The van der Waals surface area contributed by atoms with E-state index in [2.05, 4.69) is 80.8 Å². The second kappa shape index (κ2) is 50.2. The van der Waals surface area contributed by atoms with Crippen molar-refractivity contribution in [1.82, 2.24) is 130 Å². The number of nitrogens with zero attached hydrogens (tertiary/aromatic N) is 19. The molecule has 0 aliphatic heterocycles. The van der Waals surface area contributed by atoms with E-state index in [1.54, 1.807) is 101 Å². The normalized spacial score (nSPS) is 12.4. The van der Waals surface area contributed by atoms with Gasteiger partial charge in [-0.1, -0.05) is 83.2 Å². The first kappa shape index (κ1) is 107. The summed E-state index contributed by atoms with van der Waals surface area (Å²) in [4.78, 5) is 180. The number of imidazole rings is 4. The number of hydrogen-bond donors (Lipinski definition) is 8. The molecule has 6 heterocycles. The van der Waals surface area contributed by atoms with Gasteiger partial charge in [0.05, 0.1) is 122 Å². The highest BCUT2D eigenvalue weighted by molar-refractivity contribution is 6.00. The maximum atomic E-state index is 14.0. The van der Waals surface area contributed by atoms with Gasteiger partial charge in [-0.05, 0) is 195 Å². The van der Waals surface area contributed by atoms with E-state index in [9.17, 15) is 47.9 Å². The van der Waals surface area contributed by atoms with Gasteiger partial charge in [-0.15, -0.1) is 10.2 Å². The van der Waals surface area contributed by atoms with Gasteiger partial charge in [0.1, 0.15) is 58.9 Å². The number of aryl methyl sites for hydroxylation is 2. The van der Waals surface area contributed by atoms with Crippen molar-refractivity contribution >= 4 is 103 Å². The van der Waals surface area contributed by atoms with Gasteiger partial charge in [0.15, 0.2) is 0 Å². The van der Waals surface area contributed by atoms with E-state index in [1.165, 1.54) is 73.5 Å². The number of ether oxygens (including phenoxy) is 4. The van der Waals surface area contributed by atoms with E-state index in [4.69, 9.17) is 44.6 Å². The fourth-order valence-electron chi connectivity index (χ4n) is 16.4. The van der Waals surface area contributed by atoms with Gasteiger partial charge < -0.3 is 105 Å². The zero-order valence-corrected chi connectivity index (χ0v) is 85.5. The number of aromatic nitrogens is 14. The molecule has 0 unspecified atom stereocenters. The van der Waals surface area contributed by atoms with Crippen LogP contribution in [0.25, 0.3) is 112 Å². The Morgan fingerprint density at radius 3 is 1.03 bits per heavy atom. The van der Waals surface area contributed by atoms with E-state index < -0.39 is 60.2 Å². The monoisotopic (exact) mass is 2000 g/mol. The Balaban J connectivity index is 0.427. The number of rotatable bonds is 52. The van der Waals surface area contributed by atoms with Gasteiger partial charge in [-0.25, -0.2) is 19.9 Å². The standard InChI is InChI=1S/C106H129N27O14/c1-67(127(11)94(135)61-108-41-15-45-132-62-83(119-121-132)65-146-55-53-144-51-49-125(9)105(142)77-29-21-73(22-30-77)97-113-87-39-35-81(59-91(87)117-97)79-33-37-85-89(57-79)115-95(111-85)71-17-25-75(26-18-71)99(136)109-42-47-123(5)6)101(138)128(12)68(2)102(139)129(13)69(3)103(140)130(14)70(4)104(141)131(64-93(107)134)44-16-46-133-63-84(120-122-133)66-147-56-54-145-52-50-126(10)106(143)78-31-23-74(24-32-78)98-114-88-40-36-82(60-92(88)118-98)80-34-38-86-90(58-80)116-96(112-86)72-19-27-76(28-20-72)100(137)110-43-48-124(7)8/h17-40,57-60,62-63,67-70,108H,15-16,41-56,61,64-66H2,1-14H3,(H2,107,134)(H,109,136)(H,110,137)(H,111,115)(H,112,116)(H,113,117)(H,114,118)/t67-,68-,69-,70-/m0/s1. The summed E-state index contributed by atoms with van der Waals surface area (Å²) < 4.78 is 26.5. The summed E-state index contributed by atoms with van der Waals surface area (Å²) in [6.45, 7) is 12.2. The van der Waals surface area contributed by atoms with E-state index >= 15 is 0 Å². The number of hydrogen-bond acceptors (Lipinski definition) is 25. The molecule has 0 spiro atoms. The molecule has 0 radical (unpaired) electrons. The Hall–Kier alpha value is -15.7. The van der Waals surface area contributed by atoms with Crippen molar-refractivity contribution in [3.63, 3.8) is 0 Å². The SMILES string of the molecule is C[C@@H](C(=O)N(C)[C@@H](C)C(=O)N(C)[C@@H](C)C(=O)N(C)[C@@H](C)C(=O)N(CCCn1cc(COCCOCCN(C)C(=O)c2ccc(-c3nc4ccc(-c5ccc6nc(-c7ccc(C(=O)NCCN(C)C)cc7)[nH]c6c5)cc4[nH]3)cc2)nn1)CC(N)=O)N(C)C(=O)CNCCCn1cc(COCCOCCN(C)C(=O)c2ccc(-c3nc4ccc(-c5ccc6nc(-c7ccc(C(=O)NCCN(C)C)cc7)[nH]c6c5)cc4[nH]3)cc2)nn1. The first-order valence-corrected chi connectivity index (χ1v) is 48.9. The number of nitrogens with one attached hydrogen (secondary N) is 7. The molecule has 41 nitrogen and oxygen atoms in total. The van der Waals surface area contributed by atoms with Crippen LogP contribution in [0.3, 0.4) is 0 Å². The van der Waals surface area contributed by atoms with Crippen LogP contribution in [0.1, 0.15) is 93.4 Å². The number of likely N-dealkylation sites (N-methyl/N-ethyl adjacent to an activating group) is 8. The smallest absolute Gasteiger partial charge is 0.253 e. The molecule has 14 rings (SSSR count). The summed E-state index contributed by atoms with van der Waals surface area (Å²) in [5.74, 6) is -1.16. The molecular formula is C106H129N27O14. The highest BCUT2D eigenvalue weighted by atomic mass is 16.5. The molecule has 14 aromatic rings. The summed E-state index contributed by atoms with van der Waals surface area (Å²) in [7, 11) is 17.1. The molecule has 6 aromatic heterocycles. The Kier molecular flexibility index (Phi) is 36.6. The van der Waals surface area contributed by atoms with E-state index in [0.717, 1.165) is 102 Å². The zero-order chi connectivity index (χ0) is 105. The molecule has 0 fully saturated rings. The third-order valence-corrected chi connectivity index (χ3v) is 25.9. The number of aromatic amines is 4. The molecule has 772 valence electrons. The minimum atomic E-state index is -1.10. The quantitative estimate of drug-likeness (QED) is 0.0166. The summed E-state index contributed by atoms with van der Waals surface area (Å²) in [5, 5.41) is 25.8. The van der Waals surface area contributed by atoms with Crippen LogP contribution in [0.5, 0.6) is 0 Å². The molecule has 147 heavy (non-hydrogen) atoms. The Morgan fingerprint density at radius 1 is 0.361 bits per heavy atom. The highest BCUT2D eigenvalue weighted by Gasteiger charge is 2.37. The summed E-state index contributed by atoms with van der Waals surface area (Å²) in [6, 6.07) is 49.5. The lowest BCUT2D eigenvalue weighted by molar-refractivity contribution is -0.153. The average molecular weight is 2010 g/mol. The van der Waals surface area contributed by atoms with Crippen molar-refractivity contribution in [2.24, 2.45) is 5.73 Å². The van der Waals surface area contributed by atoms with Gasteiger partial charge in [0, 0.05) is 146 Å². The molecule has 8 aromatic carbocycles. The van der Waals surface area contributed by atoms with Gasteiger partial charge >= 0.3 is 0 Å². The Bertz CT molecular complexity index is 6930. The van der Waals surface area contributed by atoms with Crippen LogP contribution in [0.2, 0.25) is 0 Å². The minimum absolute atomic E-state index is 0.0695. The largest absolute Gasteiger partial charge is 0.377 e. The molecule has 0 saturated carbocycles. The average Bonchev–Trinajstić information content (AvgIpc) is 1.64. The van der Waals surface area contributed by atoms with Crippen LogP contribution in [-0.2, 0) is 74.0 Å². The molecule has 10 amide bonds. The number of nitrogens with two attached hydrogens (primary N) is 1. The maximum Gasteiger partial charge on any atom is 0.253 e. The second-order valence-corrected chi connectivity index (χ2v) is 37.1. The molecule has 0 aliphatic rings. The predicted octanol–water partition coefficient (Wildman–Crippen LogP) is 8.34. The van der Waals surface area contributed by atoms with E-state index in [1.807, 2.05) is 135 Å². The minimum Gasteiger partial charge on any atom is -0.377 e. The number of primary amides is 1. The lowest BCUT2D eigenvalue weighted by Crippen LogP contribution is -2.57. The van der Waals surface area contributed by atoms with Crippen molar-refractivity contribution in [3.8, 4) is 67.8 Å². The van der Waals surface area contributed by atoms with Crippen LogP contribution in [0.4, 0.5) is 0 Å². The predicted molar refractivity (Wildman–Crippen MR) is 558 cm³/mol. The van der Waals surface area contributed by atoms with Crippen molar-refractivity contribution in [3.05, 3.63) is 216 Å². The van der Waals surface area contributed by atoms with E-state index in [0.29, 0.717) is 129 Å². The summed E-state index contributed by atoms with van der Waals surface area (Å²) in [5.41, 5.74) is 23.1. The molecule has 0 saturated heterocycles. The molecule has 4 atom stereocenters. The van der Waals surface area contributed by atoms with Crippen molar-refractivity contribution in [1.29, 1.82) is 0 Å². The third-order valence-electron chi connectivity index (χ3n) is 25.9. The zero-order valence-electron chi connectivity index (χ0n) is 85.5. The van der Waals surface area contributed by atoms with Crippen molar-refractivity contribution in [2.45, 2.75) is 91.0 Å². The van der Waals surface area contributed by atoms with E-state index in [-0.39, 0.29) is 82.3 Å². The fraction of sp³-hybridized carbons (Fsp3) is 0.377. The maximum absolute atomic E-state index is 14.0. The number of benzene rings is 8. The Labute approximate surface area is 851 Å². The lowest BCUT2D eigenvalue weighted by atomic mass is 10.0. The van der Waals surface area contributed by atoms with Crippen LogP contribution < -0.4 is 21.7 Å². The third kappa shape index (κ3) is 28.1. The van der Waals surface area contributed by atoms with Gasteiger partial charge in [-0.2, -0.15) is 0 Å². The van der Waals surface area contributed by atoms with Crippen LogP contribution >= 0.6 is 0 Å². The van der Waals surface area contributed by atoms with Crippen LogP contribution in [-0.4, -0.2) is 373 Å². The molecule has 9 N–H and O–H groups in total. The number of H-pyrrole nitrogens is 4. The fourth-order valence-corrected chi connectivity index (χ4v) is 16.4. The van der Waals surface area contributed by atoms with Gasteiger partial charge in [-0.3, -0.25) is 57.3 Å². The van der Waals surface area contributed by atoms with Crippen molar-refractivity contribution < 1.29 is 66.9 Å². The Morgan fingerprint density at radius 2 is 0.680 bits per heavy atom. The first-order chi connectivity index (χ1) is 70.7. The molecule has 0 aliphatic carbocycles. The highest BCUT2D eigenvalue weighted by Crippen LogP contribution is 2.34. The topological polar surface area (TPSA) is 475 Å². The van der Waals surface area contributed by atoms with Gasteiger partial charge in [0.2, 0.25) is 35.4 Å². The van der Waals surface area contributed by atoms with Gasteiger partial charge in [0.25, 0.3) is 23.6 Å². The van der Waals surface area contributed by atoms with Crippen LogP contribution in [0, 0.1) is 0 Å². The molecule has 41 heteroatoms. The summed E-state index contributed by atoms with van der Waals surface area (Å²) >= 11 is 0. The second-order valence-electron chi connectivity index (χ2n) is 37.1. The van der Waals surface area contributed by atoms with Crippen LogP contribution in [0.15, 0.2) is 182 Å². The summed E-state index contributed by atoms with van der Waals surface area (Å²) in [6.07, 6.45) is 4.41. The molecular weight excluding hydrogens is 1880 g/mol. The van der Waals surface area contributed by atoms with Crippen molar-refractivity contribution in [2.75, 3.05) is 176 Å². The number of amides is 10. The number of fused-ring (bicyclic) bond motifs is 4.